The number of fused-ring (bicyclic) bond motifs is 2. The third kappa shape index (κ3) is 11.6. The number of nitrogens with zero attached hydrogens (tertiary/aromatic N) is 8. The van der Waals surface area contributed by atoms with Gasteiger partial charge in [-0.05, 0) is 128 Å². The summed E-state index contributed by atoms with van der Waals surface area (Å²) in [6.45, 7) is 4.85. The summed E-state index contributed by atoms with van der Waals surface area (Å²) in [5, 5.41) is 11.4. The number of anilines is 2. The number of hydrogen-bond donors (Lipinski definition) is 3. The monoisotopic (exact) mass is 1030 g/mol. The van der Waals surface area contributed by atoms with Gasteiger partial charge in [0.1, 0.15) is 5.75 Å². The van der Waals surface area contributed by atoms with E-state index < -0.39 is 6.17 Å². The number of aromatic nitrogens is 1. The minimum Gasteiger partial charge on any atom is -0.484 e. The lowest BCUT2D eigenvalue weighted by molar-refractivity contribution is -0.133. The Morgan fingerprint density at radius 3 is 2.41 bits per heavy atom. The van der Waals surface area contributed by atoms with Gasteiger partial charge in [-0.15, -0.1) is 11.3 Å². The van der Waals surface area contributed by atoms with Crippen LogP contribution < -0.4 is 25.6 Å². The molecule has 2 aromatic heterocycles. The molecule has 75 heavy (non-hydrogen) atoms. The van der Waals surface area contributed by atoms with E-state index in [0.717, 1.165) is 84.1 Å². The maximum Gasteiger partial charge on any atom is 0.495 e. The molecule has 4 amide bonds. The summed E-state index contributed by atoms with van der Waals surface area (Å²) in [5.41, 5.74) is 7.44. The van der Waals surface area contributed by atoms with Crippen molar-refractivity contribution in [1.29, 1.82) is 0 Å². The number of likely N-dealkylation sites (N-methyl/N-ethyl adjacent to an activating group) is 2. The maximum absolute atomic E-state index is 13.9. The average molecular weight is 1030 g/mol. The Bertz CT molecular complexity index is 3050. The van der Waals surface area contributed by atoms with Gasteiger partial charge in [-0.3, -0.25) is 24.1 Å². The smallest absolute Gasteiger partial charge is 0.484 e. The molecule has 0 aliphatic carbocycles. The first-order chi connectivity index (χ1) is 36.6. The number of piperidine rings is 1. The topological polar surface area (TPSA) is 159 Å². The van der Waals surface area contributed by atoms with Crippen molar-refractivity contribution in [2.75, 3.05) is 76.7 Å². The summed E-state index contributed by atoms with van der Waals surface area (Å²) in [6.07, 6.45) is 11.7. The molecule has 3 aromatic carbocycles. The van der Waals surface area contributed by atoms with Gasteiger partial charge in [-0.2, -0.15) is 0 Å². The lowest BCUT2D eigenvalue weighted by atomic mass is 10.0. The van der Waals surface area contributed by atoms with Crippen molar-refractivity contribution in [1.82, 2.24) is 34.7 Å². The lowest BCUT2D eigenvalue weighted by Gasteiger charge is -2.42. The number of hydrogen-bond acceptors (Lipinski definition) is 12. The Balaban J connectivity index is 0.581. The number of guanidine groups is 1. The van der Waals surface area contributed by atoms with Gasteiger partial charge in [-0.25, -0.2) is 9.98 Å². The number of rotatable bonds is 16. The van der Waals surface area contributed by atoms with E-state index in [-0.39, 0.29) is 30.2 Å². The molecule has 2 fully saturated rings. The van der Waals surface area contributed by atoms with Crippen LogP contribution in [0.25, 0.3) is 16.6 Å². The van der Waals surface area contributed by atoms with Crippen molar-refractivity contribution >= 4 is 71.8 Å². The molecule has 19 heteroatoms. The van der Waals surface area contributed by atoms with Gasteiger partial charge in [0.05, 0.1) is 28.4 Å². The molecule has 2 saturated heterocycles. The fourth-order valence-corrected chi connectivity index (χ4v) is 11.0. The van der Waals surface area contributed by atoms with Crippen LogP contribution in [0.5, 0.6) is 5.75 Å². The Morgan fingerprint density at radius 2 is 1.65 bits per heavy atom. The lowest BCUT2D eigenvalue weighted by Crippen LogP contribution is -2.54. The third-order valence-electron chi connectivity index (χ3n) is 14.5. The second kappa shape index (κ2) is 23.2. The number of nitrogens with one attached hydrogen (secondary N) is 3. The van der Waals surface area contributed by atoms with Crippen LogP contribution in [-0.2, 0) is 9.59 Å². The van der Waals surface area contributed by atoms with Crippen molar-refractivity contribution in [3.05, 3.63) is 155 Å². The zero-order valence-electron chi connectivity index (χ0n) is 42.2. The third-order valence-corrected chi connectivity index (χ3v) is 15.4. The fraction of sp³-hybridized carbons (Fsp3) is 0.321. The molecular weight excluding hydrogens is 969 g/mol. The molecule has 385 valence electrons. The van der Waals surface area contributed by atoms with E-state index in [1.807, 2.05) is 142 Å². The molecule has 5 aliphatic heterocycles. The minimum absolute atomic E-state index is 0.0174. The van der Waals surface area contributed by atoms with E-state index >= 15 is 0 Å². The minimum atomic E-state index is -0.412. The van der Waals surface area contributed by atoms with Crippen LogP contribution in [0.1, 0.15) is 70.5 Å². The molecule has 0 spiro atoms. The highest BCUT2D eigenvalue weighted by Crippen LogP contribution is 2.33. The van der Waals surface area contributed by atoms with E-state index in [1.165, 1.54) is 4.48 Å². The van der Waals surface area contributed by atoms with Gasteiger partial charge < -0.3 is 49.1 Å². The molecule has 3 N–H and O–H groups in total. The number of benzene rings is 3. The molecule has 1 atom stereocenters. The molecule has 1 unspecified atom stereocenters. The highest BCUT2D eigenvalue weighted by atomic mass is 32.1. The second-order valence-corrected chi connectivity index (χ2v) is 20.1. The summed E-state index contributed by atoms with van der Waals surface area (Å²) in [6, 6.07) is 30.4. The Hall–Kier alpha value is -7.77. The molecule has 0 bridgehead atoms. The molecule has 7 heterocycles. The first-order valence-electron chi connectivity index (χ1n) is 25.6. The van der Waals surface area contributed by atoms with Crippen molar-refractivity contribution in [2.45, 2.75) is 50.7 Å². The summed E-state index contributed by atoms with van der Waals surface area (Å²) in [7, 11) is 4.26. The van der Waals surface area contributed by atoms with Crippen molar-refractivity contribution in [3.63, 3.8) is 0 Å². The van der Waals surface area contributed by atoms with Crippen LogP contribution in [0.2, 0.25) is 0 Å². The van der Waals surface area contributed by atoms with Gasteiger partial charge in [0.25, 0.3) is 17.7 Å². The molecule has 1 radical (unpaired) electrons. The first-order valence-corrected chi connectivity index (χ1v) is 26.5. The number of amides is 4. The van der Waals surface area contributed by atoms with E-state index in [4.69, 9.17) is 14.7 Å². The first kappa shape index (κ1) is 50.8. The molecule has 5 aromatic rings. The number of allylic oxidation sites excluding steroid dienone is 2. The number of piperazine rings is 1. The van der Waals surface area contributed by atoms with E-state index in [1.54, 1.807) is 29.5 Å². The predicted molar refractivity (Wildman–Crippen MR) is 294 cm³/mol. The molecule has 10 rings (SSSR count). The van der Waals surface area contributed by atoms with Crippen molar-refractivity contribution in [2.24, 2.45) is 9.98 Å². The normalized spacial score (nSPS) is 18.4. The van der Waals surface area contributed by atoms with Gasteiger partial charge in [-0.1, -0.05) is 24.6 Å². The van der Waals surface area contributed by atoms with Crippen LogP contribution in [0.4, 0.5) is 15.7 Å². The highest BCUT2D eigenvalue weighted by molar-refractivity contribution is 7.13. The van der Waals surface area contributed by atoms with E-state index in [2.05, 4.69) is 20.9 Å². The van der Waals surface area contributed by atoms with E-state index in [9.17, 15) is 23.5 Å². The number of ether oxygens (including phenoxy) is 1. The van der Waals surface area contributed by atoms with Crippen molar-refractivity contribution < 1.29 is 28.2 Å². The summed E-state index contributed by atoms with van der Waals surface area (Å²) in [5.74, 6) is 1.01. The maximum atomic E-state index is 13.9. The largest absolute Gasteiger partial charge is 0.495 e. The summed E-state index contributed by atoms with van der Waals surface area (Å²) >= 11 is 1.55. The van der Waals surface area contributed by atoms with Crippen LogP contribution in [0.3, 0.4) is 0 Å². The molecule has 0 saturated carbocycles. The number of unbranched alkanes of at least 4 members (excludes halogenated alkanes) is 2. The number of carbonyl (C=O) groups excluding carboxylic acids is 4. The van der Waals surface area contributed by atoms with Crippen molar-refractivity contribution in [3.8, 4) is 16.3 Å². The number of thiophene rings is 1. The number of para-hydroxylation sites is 1. The Morgan fingerprint density at radius 1 is 0.867 bits per heavy atom. The highest BCUT2D eigenvalue weighted by Gasteiger charge is 2.35. The number of aliphatic imine (C=N–C) groups is 2. The second-order valence-electron chi connectivity index (χ2n) is 19.2. The number of carbonyl (C=O) groups is 4. The standard InChI is InChI=1S/C56H60BFN11O5S/c1-64-47-10-6-5-9-45(47)55(73)65(2)49-36-60-56(63-53(49)64)62-40-17-13-39(14-18-40)54(72)68-28-25-42(26-29-68)66-30-32-67(33-31-66)52(71)12-4-3-7-27-59-51(70)37-74-44-21-15-38(16-22-44)46-23-19-41(61-46)35-43-20-24-48(69(43)57-58)50-11-8-34-75-50/h5-6,8-11,13-24,34-36,42,53H,3-4,7,12,25-33,37H2,1-2H3,(H,59,70)(H2,60,62,63)/b41-35-. The van der Waals surface area contributed by atoms with Crippen LogP contribution in [0.15, 0.2) is 142 Å². The quantitative estimate of drug-likeness (QED) is 0.0685. The Labute approximate surface area is 441 Å². The molecule has 16 nitrogen and oxygen atoms in total. The van der Waals surface area contributed by atoms with Crippen LogP contribution >= 0.6 is 11.3 Å². The molecule has 5 aliphatic rings. The fourth-order valence-electron chi connectivity index (χ4n) is 10.2. The molecular formula is C56H60BFN11O5S. The summed E-state index contributed by atoms with van der Waals surface area (Å²) in [4.78, 5) is 73.0. The van der Waals surface area contributed by atoms with Gasteiger partial charge in [0, 0.05) is 112 Å². The van der Waals surface area contributed by atoms with Gasteiger partial charge >= 0.3 is 7.69 Å². The zero-order valence-corrected chi connectivity index (χ0v) is 43.0. The van der Waals surface area contributed by atoms with Crippen LogP contribution in [0, 0.1) is 0 Å². The predicted octanol–water partition coefficient (Wildman–Crippen LogP) is 7.23. The number of likely N-dealkylation sites (tertiary alicyclic amines) is 1. The van der Waals surface area contributed by atoms with Crippen LogP contribution in [-0.4, -0.2) is 146 Å². The average Bonchev–Trinajstić information content (AvgIpc) is 4.25. The van der Waals surface area contributed by atoms with Gasteiger partial charge in [0.15, 0.2) is 12.8 Å². The summed E-state index contributed by atoms with van der Waals surface area (Å²) < 4.78 is 21.1. The van der Waals surface area contributed by atoms with E-state index in [0.29, 0.717) is 87.1 Å². The van der Waals surface area contributed by atoms with Gasteiger partial charge in [0.2, 0.25) is 11.9 Å². The number of halogens is 1. The Kier molecular flexibility index (Phi) is 15.7. The zero-order chi connectivity index (χ0) is 51.8. The SMILES string of the molecule is CN1C(=O)c2ccccc2N(C)C2N=C(Nc3ccc(C(=O)N4CCC(N5CCN(C(=O)CCCCCNC(=O)COc6ccc(C7=N/C(=C\c8ccc(-c9cccs9)n8[B]F)C=C7)cc6)CC5)CC4)cc3)NC=C21.